The summed E-state index contributed by atoms with van der Waals surface area (Å²) in [5.74, 6) is -0.894. The van der Waals surface area contributed by atoms with Gasteiger partial charge in [0.05, 0.1) is 0 Å². The van der Waals surface area contributed by atoms with Gasteiger partial charge in [-0.15, -0.1) is 0 Å². The Labute approximate surface area is 95.1 Å². The summed E-state index contributed by atoms with van der Waals surface area (Å²) in [6.07, 6.45) is 1.25. The predicted octanol–water partition coefficient (Wildman–Crippen LogP) is 3.25. The van der Waals surface area contributed by atoms with Crippen molar-refractivity contribution in [3.05, 3.63) is 29.3 Å². The van der Waals surface area contributed by atoms with Crippen LogP contribution >= 0.6 is 11.6 Å². The fraction of sp³-hybridized carbons (Fsp3) is 0.364. The fourth-order valence-electron chi connectivity index (χ4n) is 0.776. The topological polar surface area (TPSA) is 49.3 Å². The number of carbonyl (C=O) groups is 1. The van der Waals surface area contributed by atoms with Crippen LogP contribution in [0.3, 0.4) is 0 Å². The molecular weight excluding hydrogens is 214 g/mol. The van der Waals surface area contributed by atoms with Gasteiger partial charge < -0.3 is 10.4 Å². The first-order valence-electron chi connectivity index (χ1n) is 4.81. The van der Waals surface area contributed by atoms with Crippen LogP contribution in [0.15, 0.2) is 24.3 Å². The van der Waals surface area contributed by atoms with E-state index in [-0.39, 0.29) is 6.54 Å². The van der Waals surface area contributed by atoms with Gasteiger partial charge in [-0.1, -0.05) is 37.9 Å². The zero-order valence-corrected chi connectivity index (χ0v) is 9.71. The maximum atomic E-state index is 10.2. The molecule has 15 heavy (non-hydrogen) atoms. The molecule has 0 atom stereocenters. The quantitative estimate of drug-likeness (QED) is 0.837. The molecule has 0 aromatic heterocycles. The highest BCUT2D eigenvalue weighted by Crippen LogP contribution is 2.14. The third-order valence-electron chi connectivity index (χ3n) is 1.27. The zero-order chi connectivity index (χ0) is 11.7. The van der Waals surface area contributed by atoms with Crippen LogP contribution in [0.25, 0.3) is 0 Å². The number of halogens is 1. The van der Waals surface area contributed by atoms with Crippen molar-refractivity contribution in [1.29, 1.82) is 0 Å². The molecule has 0 heterocycles. The van der Waals surface area contributed by atoms with Crippen molar-refractivity contribution < 1.29 is 9.90 Å². The number of carboxylic acids is 1. The Kier molecular flexibility index (Phi) is 7.46. The van der Waals surface area contributed by atoms with Crippen LogP contribution in [0.4, 0.5) is 5.69 Å². The molecule has 1 rings (SSSR count). The number of rotatable bonds is 3. The molecule has 3 nitrogen and oxygen atoms in total. The Balaban J connectivity index is 0.000000583. The van der Waals surface area contributed by atoms with Crippen LogP contribution in [-0.4, -0.2) is 17.6 Å². The molecule has 0 bridgehead atoms. The van der Waals surface area contributed by atoms with E-state index in [4.69, 9.17) is 16.7 Å². The summed E-state index contributed by atoms with van der Waals surface area (Å²) in [6.45, 7) is 4.15. The Bertz CT molecular complexity index is 302. The summed E-state index contributed by atoms with van der Waals surface area (Å²) >= 11 is 5.67. The van der Waals surface area contributed by atoms with Gasteiger partial charge in [-0.05, 0) is 18.2 Å². The van der Waals surface area contributed by atoms with E-state index in [1.807, 2.05) is 0 Å². The van der Waals surface area contributed by atoms with Gasteiger partial charge in [-0.25, -0.2) is 0 Å². The lowest BCUT2D eigenvalue weighted by molar-refractivity contribution is -0.134. The standard InChI is InChI=1S/C8H8ClNO2.C3H8/c9-6-2-1-3-7(4-6)10-5-8(11)12;1-3-2/h1-4,10H,5H2,(H,11,12);3H2,1-2H3. The van der Waals surface area contributed by atoms with Crippen molar-refractivity contribution in [2.75, 3.05) is 11.9 Å². The average Bonchev–Trinajstić information content (AvgIpc) is 2.16. The zero-order valence-electron chi connectivity index (χ0n) is 8.96. The Hall–Kier alpha value is -1.22. The van der Waals surface area contributed by atoms with Gasteiger partial charge >= 0.3 is 5.97 Å². The molecule has 0 aliphatic heterocycles. The summed E-state index contributed by atoms with van der Waals surface area (Å²) in [5.41, 5.74) is 0.713. The SMILES string of the molecule is CCC.O=C(O)CNc1cccc(Cl)c1. The van der Waals surface area contributed by atoms with Gasteiger partial charge in [0.25, 0.3) is 0 Å². The minimum Gasteiger partial charge on any atom is -0.480 e. The first-order chi connectivity index (χ1) is 7.10. The van der Waals surface area contributed by atoms with Crippen molar-refractivity contribution >= 4 is 23.3 Å². The summed E-state index contributed by atoms with van der Waals surface area (Å²) in [6, 6.07) is 6.92. The maximum absolute atomic E-state index is 10.2. The smallest absolute Gasteiger partial charge is 0.322 e. The second-order valence-corrected chi connectivity index (χ2v) is 3.40. The largest absolute Gasteiger partial charge is 0.480 e. The van der Waals surface area contributed by atoms with Gasteiger partial charge in [0.2, 0.25) is 0 Å². The third kappa shape index (κ3) is 7.82. The van der Waals surface area contributed by atoms with Crippen LogP contribution in [0.2, 0.25) is 5.02 Å². The Morgan fingerprint density at radius 3 is 2.53 bits per heavy atom. The van der Waals surface area contributed by atoms with Crippen LogP contribution < -0.4 is 5.32 Å². The highest BCUT2D eigenvalue weighted by Gasteiger charge is 1.96. The number of carboxylic acid groups (broad SMARTS) is 1. The molecule has 0 amide bonds. The molecule has 0 unspecified atom stereocenters. The predicted molar refractivity (Wildman–Crippen MR) is 63.5 cm³/mol. The van der Waals surface area contributed by atoms with E-state index in [0.717, 1.165) is 0 Å². The summed E-state index contributed by atoms with van der Waals surface area (Å²) in [5, 5.41) is 11.6. The van der Waals surface area contributed by atoms with Crippen LogP contribution in [0, 0.1) is 0 Å². The number of hydrogen-bond acceptors (Lipinski definition) is 2. The summed E-state index contributed by atoms with van der Waals surface area (Å²) in [4.78, 5) is 10.2. The second kappa shape index (κ2) is 8.12. The molecule has 0 radical (unpaired) electrons. The molecule has 0 fully saturated rings. The monoisotopic (exact) mass is 229 g/mol. The van der Waals surface area contributed by atoms with E-state index in [9.17, 15) is 4.79 Å². The van der Waals surface area contributed by atoms with Gasteiger partial charge in [-0.2, -0.15) is 0 Å². The minimum atomic E-state index is -0.894. The minimum absolute atomic E-state index is 0.0969. The summed E-state index contributed by atoms with van der Waals surface area (Å²) in [7, 11) is 0. The molecule has 0 aliphatic carbocycles. The second-order valence-electron chi connectivity index (χ2n) is 2.96. The molecular formula is C11H16ClNO2. The molecule has 4 heteroatoms. The van der Waals surface area contributed by atoms with E-state index in [1.165, 1.54) is 6.42 Å². The van der Waals surface area contributed by atoms with Crippen molar-refractivity contribution in [3.63, 3.8) is 0 Å². The van der Waals surface area contributed by atoms with E-state index < -0.39 is 5.97 Å². The van der Waals surface area contributed by atoms with E-state index >= 15 is 0 Å². The van der Waals surface area contributed by atoms with Crippen LogP contribution in [0.1, 0.15) is 20.3 Å². The van der Waals surface area contributed by atoms with Crippen molar-refractivity contribution in [1.82, 2.24) is 0 Å². The number of anilines is 1. The molecule has 0 aliphatic rings. The molecule has 1 aromatic rings. The van der Waals surface area contributed by atoms with Gasteiger partial charge in [0.1, 0.15) is 6.54 Å². The van der Waals surface area contributed by atoms with Crippen molar-refractivity contribution in [2.45, 2.75) is 20.3 Å². The lowest BCUT2D eigenvalue weighted by atomic mass is 10.3. The Morgan fingerprint density at radius 2 is 2.07 bits per heavy atom. The molecule has 0 spiro atoms. The fourth-order valence-corrected chi connectivity index (χ4v) is 0.966. The molecule has 1 aromatic carbocycles. The van der Waals surface area contributed by atoms with E-state index in [0.29, 0.717) is 10.7 Å². The van der Waals surface area contributed by atoms with Crippen molar-refractivity contribution in [2.24, 2.45) is 0 Å². The molecule has 0 saturated heterocycles. The first kappa shape index (κ1) is 13.8. The van der Waals surface area contributed by atoms with Gasteiger partial charge in [0.15, 0.2) is 0 Å². The van der Waals surface area contributed by atoms with Gasteiger partial charge in [-0.3, -0.25) is 4.79 Å². The number of benzene rings is 1. The first-order valence-corrected chi connectivity index (χ1v) is 5.19. The Morgan fingerprint density at radius 1 is 1.47 bits per heavy atom. The van der Waals surface area contributed by atoms with E-state index in [2.05, 4.69) is 19.2 Å². The molecule has 0 saturated carbocycles. The number of hydrogen-bond donors (Lipinski definition) is 2. The average molecular weight is 230 g/mol. The highest BCUT2D eigenvalue weighted by atomic mass is 35.5. The lowest BCUT2D eigenvalue weighted by Gasteiger charge is -2.02. The third-order valence-corrected chi connectivity index (χ3v) is 1.50. The lowest BCUT2D eigenvalue weighted by Crippen LogP contribution is -2.11. The number of nitrogens with one attached hydrogen (secondary N) is 1. The normalized spacial score (nSPS) is 8.73. The molecule has 84 valence electrons. The van der Waals surface area contributed by atoms with Gasteiger partial charge in [0, 0.05) is 10.7 Å². The molecule has 2 N–H and O–H groups in total. The maximum Gasteiger partial charge on any atom is 0.322 e. The van der Waals surface area contributed by atoms with Crippen molar-refractivity contribution in [3.8, 4) is 0 Å². The van der Waals surface area contributed by atoms with Crippen LogP contribution in [-0.2, 0) is 4.79 Å². The highest BCUT2D eigenvalue weighted by molar-refractivity contribution is 6.30. The van der Waals surface area contributed by atoms with Crippen LogP contribution in [0.5, 0.6) is 0 Å². The number of aliphatic carboxylic acids is 1. The van der Waals surface area contributed by atoms with E-state index in [1.54, 1.807) is 24.3 Å². The summed E-state index contributed by atoms with van der Waals surface area (Å²) < 4.78 is 0.